The van der Waals surface area contributed by atoms with Gasteiger partial charge in [0.1, 0.15) is 23.9 Å². The van der Waals surface area contributed by atoms with Gasteiger partial charge in [-0.05, 0) is 48.8 Å². The maximum absolute atomic E-state index is 5.82. The molecule has 3 rings (SSSR count). The van der Waals surface area contributed by atoms with Crippen LogP contribution in [-0.4, -0.2) is 4.37 Å². The van der Waals surface area contributed by atoms with Gasteiger partial charge in [-0.2, -0.15) is 4.37 Å². The summed E-state index contributed by atoms with van der Waals surface area (Å²) >= 11 is 1.43. The minimum Gasteiger partial charge on any atom is -0.487 e. The van der Waals surface area contributed by atoms with E-state index < -0.39 is 0 Å². The van der Waals surface area contributed by atoms with Gasteiger partial charge in [-0.15, -0.1) is 0 Å². The topological polar surface area (TPSA) is 31.4 Å². The van der Waals surface area contributed by atoms with Gasteiger partial charge in [0, 0.05) is 11.4 Å². The molecule has 0 N–H and O–H groups in total. The van der Waals surface area contributed by atoms with Gasteiger partial charge in [0.05, 0.1) is 5.69 Å². The quantitative estimate of drug-likeness (QED) is 0.676. The monoisotopic (exact) mass is 297 g/mol. The first-order chi connectivity index (χ1) is 10.3. The summed E-state index contributed by atoms with van der Waals surface area (Å²) in [5.41, 5.74) is 2.15. The van der Waals surface area contributed by atoms with Gasteiger partial charge in [-0.1, -0.05) is 23.8 Å². The fraction of sp³-hybridized carbons (Fsp3) is 0.118. The molecular weight excluding hydrogens is 282 g/mol. The second kappa shape index (κ2) is 6.41. The average molecular weight is 297 g/mol. The summed E-state index contributed by atoms with van der Waals surface area (Å²) in [6, 6.07) is 17.5. The molecule has 21 heavy (non-hydrogen) atoms. The zero-order chi connectivity index (χ0) is 14.5. The maximum atomic E-state index is 5.82. The molecular formula is C17H15NO2S. The minimum atomic E-state index is 0.470. The average Bonchev–Trinajstić information content (AvgIpc) is 3.01. The van der Waals surface area contributed by atoms with Gasteiger partial charge in [-0.25, -0.2) is 0 Å². The molecule has 1 aromatic heterocycles. The van der Waals surface area contributed by atoms with Crippen LogP contribution < -0.4 is 9.47 Å². The van der Waals surface area contributed by atoms with Crippen molar-refractivity contribution in [1.29, 1.82) is 0 Å². The molecule has 0 aliphatic carbocycles. The lowest BCUT2D eigenvalue weighted by molar-refractivity contribution is 0.301. The van der Waals surface area contributed by atoms with Crippen molar-refractivity contribution in [3.63, 3.8) is 0 Å². The molecule has 0 bridgehead atoms. The number of benzene rings is 2. The van der Waals surface area contributed by atoms with Crippen molar-refractivity contribution in [2.24, 2.45) is 0 Å². The van der Waals surface area contributed by atoms with Gasteiger partial charge >= 0.3 is 0 Å². The van der Waals surface area contributed by atoms with Crippen molar-refractivity contribution in [3.8, 4) is 17.2 Å². The lowest BCUT2D eigenvalue weighted by atomic mass is 10.2. The lowest BCUT2D eigenvalue weighted by Gasteiger charge is -2.08. The number of rotatable bonds is 5. The fourth-order valence-electron chi connectivity index (χ4n) is 1.84. The summed E-state index contributed by atoms with van der Waals surface area (Å²) < 4.78 is 15.7. The number of aryl methyl sites for hydroxylation is 1. The Morgan fingerprint density at radius 2 is 1.76 bits per heavy atom. The van der Waals surface area contributed by atoms with Crippen LogP contribution in [0.3, 0.4) is 0 Å². The number of ether oxygens (including phenoxy) is 2. The van der Waals surface area contributed by atoms with Crippen LogP contribution >= 0.6 is 11.5 Å². The Bertz CT molecular complexity index is 693. The molecule has 0 aliphatic heterocycles. The standard InChI is InChI=1S/C17H15NO2S/c1-13-5-7-15(8-6-13)20-17-4-2-3-16(11-17)19-12-14-9-10-21-18-14/h2-11H,12H2,1H3. The van der Waals surface area contributed by atoms with Crippen LogP contribution in [0.2, 0.25) is 0 Å². The van der Waals surface area contributed by atoms with Crippen molar-refractivity contribution in [2.75, 3.05) is 0 Å². The Labute approximate surface area is 128 Å². The van der Waals surface area contributed by atoms with E-state index in [1.807, 2.05) is 60.0 Å². The van der Waals surface area contributed by atoms with Crippen LogP contribution in [0.1, 0.15) is 11.3 Å². The Kier molecular flexibility index (Phi) is 4.17. The molecule has 0 unspecified atom stereocenters. The molecule has 0 fully saturated rings. The largest absolute Gasteiger partial charge is 0.487 e. The number of aromatic nitrogens is 1. The summed E-state index contributed by atoms with van der Waals surface area (Å²) in [4.78, 5) is 0. The molecule has 3 nitrogen and oxygen atoms in total. The number of nitrogens with zero attached hydrogens (tertiary/aromatic N) is 1. The zero-order valence-electron chi connectivity index (χ0n) is 11.7. The molecule has 0 spiro atoms. The second-order valence-electron chi connectivity index (χ2n) is 4.67. The van der Waals surface area contributed by atoms with E-state index in [0.29, 0.717) is 6.61 Å². The Balaban J connectivity index is 1.66. The molecule has 0 saturated carbocycles. The van der Waals surface area contributed by atoms with Crippen LogP contribution in [-0.2, 0) is 6.61 Å². The van der Waals surface area contributed by atoms with Crippen molar-refractivity contribution in [2.45, 2.75) is 13.5 Å². The molecule has 3 aromatic rings. The van der Waals surface area contributed by atoms with Crippen molar-refractivity contribution in [3.05, 3.63) is 71.2 Å². The molecule has 106 valence electrons. The first-order valence-electron chi connectivity index (χ1n) is 6.66. The first-order valence-corrected chi connectivity index (χ1v) is 7.50. The highest BCUT2D eigenvalue weighted by Crippen LogP contribution is 2.25. The van der Waals surface area contributed by atoms with Gasteiger partial charge < -0.3 is 9.47 Å². The summed E-state index contributed by atoms with van der Waals surface area (Å²) in [5.74, 6) is 2.35. The highest BCUT2D eigenvalue weighted by molar-refractivity contribution is 7.03. The predicted molar refractivity (Wildman–Crippen MR) is 84.1 cm³/mol. The molecule has 4 heteroatoms. The highest BCUT2D eigenvalue weighted by Gasteiger charge is 2.01. The van der Waals surface area contributed by atoms with E-state index in [-0.39, 0.29) is 0 Å². The molecule has 1 heterocycles. The van der Waals surface area contributed by atoms with E-state index >= 15 is 0 Å². The molecule has 0 amide bonds. The molecule has 0 atom stereocenters. The van der Waals surface area contributed by atoms with E-state index in [2.05, 4.69) is 11.3 Å². The SMILES string of the molecule is Cc1ccc(Oc2cccc(OCc3ccsn3)c2)cc1. The summed E-state index contributed by atoms with van der Waals surface area (Å²) in [6.45, 7) is 2.52. The van der Waals surface area contributed by atoms with Crippen LogP contribution in [0.15, 0.2) is 60.0 Å². The smallest absolute Gasteiger partial charge is 0.131 e. The molecule has 0 saturated heterocycles. The van der Waals surface area contributed by atoms with E-state index in [0.717, 1.165) is 22.9 Å². The van der Waals surface area contributed by atoms with Crippen LogP contribution in [0.5, 0.6) is 17.2 Å². The third kappa shape index (κ3) is 3.83. The van der Waals surface area contributed by atoms with Crippen LogP contribution in [0.25, 0.3) is 0 Å². The normalized spacial score (nSPS) is 10.3. The number of hydrogen-bond donors (Lipinski definition) is 0. The van der Waals surface area contributed by atoms with E-state index in [1.54, 1.807) is 0 Å². The Morgan fingerprint density at radius 3 is 2.52 bits per heavy atom. The highest BCUT2D eigenvalue weighted by atomic mass is 32.1. The third-order valence-corrected chi connectivity index (χ3v) is 3.54. The predicted octanol–water partition coefficient (Wildman–Crippen LogP) is 4.82. The van der Waals surface area contributed by atoms with Gasteiger partial charge in [0.25, 0.3) is 0 Å². The second-order valence-corrected chi connectivity index (χ2v) is 5.33. The summed E-state index contributed by atoms with van der Waals surface area (Å²) in [5, 5.41) is 1.94. The van der Waals surface area contributed by atoms with Crippen molar-refractivity contribution < 1.29 is 9.47 Å². The molecule has 0 radical (unpaired) electrons. The van der Waals surface area contributed by atoms with E-state index in [9.17, 15) is 0 Å². The molecule has 2 aromatic carbocycles. The number of hydrogen-bond acceptors (Lipinski definition) is 4. The zero-order valence-corrected chi connectivity index (χ0v) is 12.5. The van der Waals surface area contributed by atoms with Gasteiger partial charge in [-0.3, -0.25) is 0 Å². The Hall–Kier alpha value is -2.33. The third-order valence-electron chi connectivity index (χ3n) is 2.94. The van der Waals surface area contributed by atoms with E-state index in [4.69, 9.17) is 9.47 Å². The molecule has 0 aliphatic rings. The fourth-order valence-corrected chi connectivity index (χ4v) is 2.37. The summed E-state index contributed by atoms with van der Waals surface area (Å²) in [7, 11) is 0. The minimum absolute atomic E-state index is 0.470. The van der Waals surface area contributed by atoms with Crippen LogP contribution in [0.4, 0.5) is 0 Å². The van der Waals surface area contributed by atoms with Crippen molar-refractivity contribution in [1.82, 2.24) is 4.37 Å². The van der Waals surface area contributed by atoms with Crippen LogP contribution in [0, 0.1) is 6.92 Å². The van der Waals surface area contributed by atoms with Gasteiger partial charge in [0.15, 0.2) is 0 Å². The first kappa shape index (κ1) is 13.6. The Morgan fingerprint density at radius 1 is 0.952 bits per heavy atom. The summed E-state index contributed by atoms with van der Waals surface area (Å²) in [6.07, 6.45) is 0. The van der Waals surface area contributed by atoms with E-state index in [1.165, 1.54) is 17.1 Å². The lowest BCUT2D eigenvalue weighted by Crippen LogP contribution is -1.95. The van der Waals surface area contributed by atoms with Crippen molar-refractivity contribution >= 4 is 11.5 Å². The van der Waals surface area contributed by atoms with Gasteiger partial charge in [0.2, 0.25) is 0 Å². The maximum Gasteiger partial charge on any atom is 0.131 e.